The monoisotopic (exact) mass is 346 g/mol. The first-order chi connectivity index (χ1) is 12.1. The number of ether oxygens (including phenoxy) is 1. The number of fused-ring (bicyclic) bond motifs is 2. The van der Waals surface area contributed by atoms with Gasteiger partial charge in [0.2, 0.25) is 5.91 Å². The highest BCUT2D eigenvalue weighted by atomic mass is 19.1. The van der Waals surface area contributed by atoms with Crippen molar-refractivity contribution in [2.75, 3.05) is 37.0 Å². The molecular weight excluding hydrogens is 319 g/mol. The summed E-state index contributed by atoms with van der Waals surface area (Å²) >= 11 is 0. The molecule has 1 spiro atoms. The van der Waals surface area contributed by atoms with Crippen LogP contribution in [0.5, 0.6) is 0 Å². The third-order valence-corrected chi connectivity index (χ3v) is 6.46. The van der Waals surface area contributed by atoms with Crippen LogP contribution in [0.25, 0.3) is 0 Å². The zero-order valence-corrected chi connectivity index (χ0v) is 15.2. The van der Waals surface area contributed by atoms with E-state index in [1.807, 2.05) is 6.07 Å². The Labute approximate surface area is 148 Å². The van der Waals surface area contributed by atoms with Crippen LogP contribution in [0.2, 0.25) is 0 Å². The third-order valence-electron chi connectivity index (χ3n) is 6.46. The molecule has 0 bridgehead atoms. The number of nitrogens with zero attached hydrogens (tertiary/aromatic N) is 2. The van der Waals surface area contributed by atoms with Gasteiger partial charge in [0.25, 0.3) is 0 Å². The molecule has 1 aliphatic carbocycles. The molecule has 1 saturated heterocycles. The number of anilines is 2. The number of carbonyl (C=O) groups excluding carboxylic acids is 1. The molecule has 2 aliphatic heterocycles. The van der Waals surface area contributed by atoms with Gasteiger partial charge in [0.1, 0.15) is 5.82 Å². The fraction of sp³-hybridized carbons (Fsp3) is 0.650. The van der Waals surface area contributed by atoms with Gasteiger partial charge in [-0.25, -0.2) is 4.39 Å². The highest BCUT2D eigenvalue weighted by Crippen LogP contribution is 2.51. The van der Waals surface area contributed by atoms with Gasteiger partial charge in [0.15, 0.2) is 0 Å². The molecular formula is C20H27FN2O2. The quantitative estimate of drug-likeness (QED) is 0.820. The zero-order chi connectivity index (χ0) is 17.6. The Morgan fingerprint density at radius 1 is 1.16 bits per heavy atom. The van der Waals surface area contributed by atoms with Crippen LogP contribution in [0.15, 0.2) is 12.1 Å². The molecule has 136 valence electrons. The van der Waals surface area contributed by atoms with Crippen molar-refractivity contribution in [2.24, 2.45) is 0 Å². The van der Waals surface area contributed by atoms with Gasteiger partial charge in [-0.3, -0.25) is 4.79 Å². The second-order valence-corrected chi connectivity index (χ2v) is 7.75. The lowest BCUT2D eigenvalue weighted by molar-refractivity contribution is -0.124. The van der Waals surface area contributed by atoms with E-state index in [4.69, 9.17) is 4.74 Å². The summed E-state index contributed by atoms with van der Waals surface area (Å²) in [6, 6.07) is 3.67. The Bertz CT molecular complexity index is 677. The molecule has 0 atom stereocenters. The molecule has 0 radical (unpaired) electrons. The van der Waals surface area contributed by atoms with Crippen LogP contribution in [-0.4, -0.2) is 39.3 Å². The van der Waals surface area contributed by atoms with E-state index in [0.717, 1.165) is 69.4 Å². The molecule has 1 amide bonds. The summed E-state index contributed by atoms with van der Waals surface area (Å²) in [7, 11) is 3.55. The van der Waals surface area contributed by atoms with Crippen LogP contribution >= 0.6 is 0 Å². The molecule has 1 saturated carbocycles. The van der Waals surface area contributed by atoms with E-state index in [9.17, 15) is 4.79 Å². The van der Waals surface area contributed by atoms with Gasteiger partial charge in [-0.2, -0.15) is 0 Å². The van der Waals surface area contributed by atoms with Gasteiger partial charge in [-0.1, -0.05) is 19.3 Å². The van der Waals surface area contributed by atoms with Crippen molar-refractivity contribution in [3.8, 4) is 0 Å². The van der Waals surface area contributed by atoms with E-state index in [1.165, 1.54) is 0 Å². The number of amides is 1. The SMILES string of the molecule is COC1CCN(c2cc(F)c3c(c2)N(C)C(=O)C32CCCCC2)CC1. The molecule has 1 aromatic rings. The number of likely N-dealkylation sites (N-methyl/N-ethyl adjacent to an activating group) is 1. The van der Waals surface area contributed by atoms with Gasteiger partial charge < -0.3 is 14.5 Å². The fourth-order valence-corrected chi connectivity index (χ4v) is 5.01. The minimum Gasteiger partial charge on any atom is -0.381 e. The van der Waals surface area contributed by atoms with Crippen molar-refractivity contribution < 1.29 is 13.9 Å². The molecule has 4 nitrogen and oxygen atoms in total. The Morgan fingerprint density at radius 2 is 1.84 bits per heavy atom. The number of carbonyl (C=O) groups is 1. The van der Waals surface area contributed by atoms with Crippen LogP contribution in [0.3, 0.4) is 0 Å². The molecule has 1 aromatic carbocycles. The van der Waals surface area contributed by atoms with Gasteiger partial charge in [-0.15, -0.1) is 0 Å². The summed E-state index contributed by atoms with van der Waals surface area (Å²) in [5.41, 5.74) is 1.69. The number of methoxy groups -OCH3 is 1. The van der Waals surface area contributed by atoms with Crippen LogP contribution in [0.1, 0.15) is 50.5 Å². The van der Waals surface area contributed by atoms with Crippen molar-refractivity contribution in [3.05, 3.63) is 23.5 Å². The summed E-state index contributed by atoms with van der Waals surface area (Å²) in [6.45, 7) is 1.72. The summed E-state index contributed by atoms with van der Waals surface area (Å²) in [5.74, 6) is -0.127. The van der Waals surface area contributed by atoms with Crippen molar-refractivity contribution in [1.29, 1.82) is 0 Å². The molecule has 25 heavy (non-hydrogen) atoms. The first-order valence-electron chi connectivity index (χ1n) is 9.47. The minimum atomic E-state index is -0.617. The first-order valence-corrected chi connectivity index (χ1v) is 9.47. The average molecular weight is 346 g/mol. The number of benzene rings is 1. The second kappa shape index (κ2) is 6.27. The maximum Gasteiger partial charge on any atom is 0.237 e. The Balaban J connectivity index is 1.70. The van der Waals surface area contributed by atoms with Crippen LogP contribution in [0, 0.1) is 5.82 Å². The van der Waals surface area contributed by atoms with E-state index in [2.05, 4.69) is 4.90 Å². The van der Waals surface area contributed by atoms with E-state index in [-0.39, 0.29) is 11.7 Å². The summed E-state index contributed by atoms with van der Waals surface area (Å²) in [6.07, 6.45) is 6.90. The summed E-state index contributed by atoms with van der Waals surface area (Å²) in [5, 5.41) is 0. The lowest BCUT2D eigenvalue weighted by Crippen LogP contribution is -2.40. The van der Waals surface area contributed by atoms with Gasteiger partial charge in [0.05, 0.1) is 17.2 Å². The number of halogens is 1. The predicted octanol–water partition coefficient (Wildman–Crippen LogP) is 3.62. The smallest absolute Gasteiger partial charge is 0.237 e. The Hall–Kier alpha value is -1.62. The Morgan fingerprint density at radius 3 is 2.48 bits per heavy atom. The largest absolute Gasteiger partial charge is 0.381 e. The van der Waals surface area contributed by atoms with Crippen molar-refractivity contribution in [3.63, 3.8) is 0 Å². The molecule has 0 aromatic heterocycles. The van der Waals surface area contributed by atoms with Crippen LogP contribution in [0.4, 0.5) is 15.8 Å². The molecule has 0 N–H and O–H groups in total. The predicted molar refractivity (Wildman–Crippen MR) is 96.8 cm³/mol. The topological polar surface area (TPSA) is 32.8 Å². The lowest BCUT2D eigenvalue weighted by atomic mass is 9.70. The maximum atomic E-state index is 15.2. The van der Waals surface area contributed by atoms with E-state index in [0.29, 0.717) is 11.7 Å². The van der Waals surface area contributed by atoms with Gasteiger partial charge >= 0.3 is 0 Å². The number of hydrogen-bond acceptors (Lipinski definition) is 3. The fourth-order valence-electron chi connectivity index (χ4n) is 5.01. The third kappa shape index (κ3) is 2.55. The first kappa shape index (κ1) is 16.8. The van der Waals surface area contributed by atoms with Crippen molar-refractivity contribution >= 4 is 17.3 Å². The van der Waals surface area contributed by atoms with Gasteiger partial charge in [0, 0.05) is 38.5 Å². The highest BCUT2D eigenvalue weighted by molar-refractivity contribution is 6.08. The van der Waals surface area contributed by atoms with E-state index >= 15 is 4.39 Å². The van der Waals surface area contributed by atoms with Gasteiger partial charge in [-0.05, 0) is 37.8 Å². The maximum absolute atomic E-state index is 15.2. The molecule has 4 rings (SSSR count). The van der Waals surface area contributed by atoms with E-state index in [1.54, 1.807) is 25.1 Å². The highest BCUT2D eigenvalue weighted by Gasteiger charge is 2.51. The number of piperidine rings is 1. The minimum absolute atomic E-state index is 0.0799. The molecule has 2 fully saturated rings. The van der Waals surface area contributed by atoms with Crippen LogP contribution < -0.4 is 9.80 Å². The Kier molecular flexibility index (Phi) is 4.22. The molecule has 3 aliphatic rings. The van der Waals surface area contributed by atoms with Crippen molar-refractivity contribution in [2.45, 2.75) is 56.5 Å². The number of hydrogen-bond donors (Lipinski definition) is 0. The molecule has 5 heteroatoms. The molecule has 2 heterocycles. The summed E-state index contributed by atoms with van der Waals surface area (Å²) < 4.78 is 20.6. The number of rotatable bonds is 2. The molecule has 0 unspecified atom stereocenters. The normalized spacial score (nSPS) is 23.4. The second-order valence-electron chi connectivity index (χ2n) is 7.75. The van der Waals surface area contributed by atoms with E-state index < -0.39 is 5.41 Å². The summed E-state index contributed by atoms with van der Waals surface area (Å²) in [4.78, 5) is 16.9. The standard InChI is InChI=1S/C20H27FN2O2/c1-22-17-13-14(23-10-6-15(25-2)7-11-23)12-16(21)18(17)20(19(22)24)8-4-3-5-9-20/h12-13,15H,3-11H2,1-2H3. The van der Waals surface area contributed by atoms with Crippen LogP contribution in [-0.2, 0) is 14.9 Å². The zero-order valence-electron chi connectivity index (χ0n) is 15.2. The van der Waals surface area contributed by atoms with Crippen molar-refractivity contribution in [1.82, 2.24) is 0 Å². The average Bonchev–Trinajstić information content (AvgIpc) is 2.85. The lowest BCUT2D eigenvalue weighted by Gasteiger charge is -2.34.